The maximum absolute atomic E-state index is 14.1. The molecule has 7 nitrogen and oxygen atoms in total. The van der Waals surface area contributed by atoms with Gasteiger partial charge >= 0.3 is 5.97 Å². The van der Waals surface area contributed by atoms with Crippen LogP contribution in [0.3, 0.4) is 0 Å². The molecule has 9 heteroatoms. The van der Waals surface area contributed by atoms with E-state index in [1.54, 1.807) is 0 Å². The van der Waals surface area contributed by atoms with E-state index < -0.39 is 11.9 Å². The van der Waals surface area contributed by atoms with Gasteiger partial charge < -0.3 is 19.5 Å². The van der Waals surface area contributed by atoms with Gasteiger partial charge in [-0.1, -0.05) is 57.5 Å². The number of ketones is 2. The lowest BCUT2D eigenvalue weighted by Gasteiger charge is -2.49. The zero-order valence-electron chi connectivity index (χ0n) is 25.9. The van der Waals surface area contributed by atoms with Crippen LogP contribution in [0.1, 0.15) is 83.8 Å². The van der Waals surface area contributed by atoms with Crippen molar-refractivity contribution in [3.8, 4) is 11.5 Å². The Morgan fingerprint density at radius 2 is 1.57 bits per heavy atom. The minimum Gasteiger partial charge on any atom is -0.490 e. The first-order valence-electron chi connectivity index (χ1n) is 15.1. The Morgan fingerprint density at radius 1 is 0.977 bits per heavy atom. The van der Waals surface area contributed by atoms with Crippen molar-refractivity contribution in [1.82, 2.24) is 4.90 Å². The molecule has 0 amide bonds. The van der Waals surface area contributed by atoms with E-state index >= 15 is 0 Å². The van der Waals surface area contributed by atoms with E-state index in [0.29, 0.717) is 64.4 Å². The summed E-state index contributed by atoms with van der Waals surface area (Å²) in [5, 5.41) is 10.2. The normalized spacial score (nSPS) is 19.6. The van der Waals surface area contributed by atoms with Crippen LogP contribution in [0.25, 0.3) is 0 Å². The van der Waals surface area contributed by atoms with Crippen LogP contribution >= 0.6 is 27.5 Å². The number of Topliss-reactive ketones (excluding diaryl/α,β-unsaturated/α-hetero) is 2. The Hall–Kier alpha value is -3.10. The van der Waals surface area contributed by atoms with E-state index in [-0.39, 0.29) is 42.0 Å². The van der Waals surface area contributed by atoms with Crippen molar-refractivity contribution >= 4 is 45.1 Å². The highest BCUT2D eigenvalue weighted by molar-refractivity contribution is 9.10. The standard InChI is InChI=1S/C35H39BrClNO6/c1-6-43-28-14-21(13-22(36)33(28)44-19-20-9-7-8-10-23(20)37)30-31-24(15-34(2,3)17-26(31)39)38(12-11-29(41)42)25-16-35(4,5)18-27(40)32(25)30/h7-10,13-14,30H,6,11-12,15-19H2,1-5H3,(H,41,42). The second kappa shape index (κ2) is 12.4. The van der Waals surface area contributed by atoms with E-state index in [1.807, 2.05) is 48.2 Å². The fourth-order valence-electron chi connectivity index (χ4n) is 6.78. The first-order valence-corrected chi connectivity index (χ1v) is 16.2. The number of nitrogens with zero attached hydrogens (tertiary/aromatic N) is 1. The second-order valence-corrected chi connectivity index (χ2v) is 14.7. The number of halogens is 2. The van der Waals surface area contributed by atoms with E-state index in [1.165, 1.54) is 0 Å². The molecule has 0 aromatic heterocycles. The van der Waals surface area contributed by atoms with Crippen molar-refractivity contribution in [2.75, 3.05) is 13.2 Å². The molecule has 5 rings (SSSR count). The van der Waals surface area contributed by atoms with Crippen LogP contribution in [-0.4, -0.2) is 40.7 Å². The van der Waals surface area contributed by atoms with E-state index in [0.717, 1.165) is 22.5 Å². The van der Waals surface area contributed by atoms with Gasteiger partial charge in [0, 0.05) is 58.4 Å². The molecule has 0 radical (unpaired) electrons. The highest BCUT2D eigenvalue weighted by atomic mass is 79.9. The SMILES string of the molecule is CCOc1cc(C2C3=C(CC(C)(C)CC3=O)N(CCC(=O)O)C3=C2C(=O)CC(C)(C)C3)cc(Br)c1OCc1ccccc1Cl. The summed E-state index contributed by atoms with van der Waals surface area (Å²) in [5.41, 5.74) is 3.80. The summed E-state index contributed by atoms with van der Waals surface area (Å²) in [6, 6.07) is 11.3. The number of aliphatic carboxylic acids is 1. The summed E-state index contributed by atoms with van der Waals surface area (Å²) in [4.78, 5) is 41.8. The van der Waals surface area contributed by atoms with Gasteiger partial charge in [0.2, 0.25) is 0 Å². The van der Waals surface area contributed by atoms with Gasteiger partial charge in [-0.05, 0) is 70.3 Å². The summed E-state index contributed by atoms with van der Waals surface area (Å²) in [6.07, 6.45) is 1.80. The third kappa shape index (κ3) is 6.47. The van der Waals surface area contributed by atoms with Gasteiger partial charge in [0.25, 0.3) is 0 Å². The van der Waals surface area contributed by atoms with Crippen LogP contribution < -0.4 is 9.47 Å². The van der Waals surface area contributed by atoms with Crippen molar-refractivity contribution in [2.45, 2.75) is 79.2 Å². The van der Waals surface area contributed by atoms with Crippen LogP contribution in [0.5, 0.6) is 11.5 Å². The first kappa shape index (κ1) is 32.3. The molecule has 44 heavy (non-hydrogen) atoms. The number of ether oxygens (including phenoxy) is 2. The molecule has 0 bridgehead atoms. The summed E-state index contributed by atoms with van der Waals surface area (Å²) in [5.74, 6) is -0.546. The number of carbonyl (C=O) groups excluding carboxylic acids is 2. The topological polar surface area (TPSA) is 93.1 Å². The molecule has 0 spiro atoms. The number of carbonyl (C=O) groups is 3. The van der Waals surface area contributed by atoms with Crippen LogP contribution in [0, 0.1) is 10.8 Å². The molecule has 0 unspecified atom stereocenters. The Morgan fingerprint density at radius 3 is 2.11 bits per heavy atom. The van der Waals surface area contributed by atoms with E-state index in [2.05, 4.69) is 43.6 Å². The predicted octanol–water partition coefficient (Wildman–Crippen LogP) is 8.24. The second-order valence-electron chi connectivity index (χ2n) is 13.5. The van der Waals surface area contributed by atoms with E-state index in [4.69, 9.17) is 21.1 Å². The minimum atomic E-state index is -0.920. The van der Waals surface area contributed by atoms with E-state index in [9.17, 15) is 19.5 Å². The molecule has 1 aliphatic heterocycles. The molecule has 0 saturated heterocycles. The van der Waals surface area contributed by atoms with Crippen molar-refractivity contribution in [3.63, 3.8) is 0 Å². The summed E-state index contributed by atoms with van der Waals surface area (Å²) < 4.78 is 12.9. The van der Waals surface area contributed by atoms with Crippen molar-refractivity contribution in [2.24, 2.45) is 10.8 Å². The molecule has 1 heterocycles. The molecule has 2 aromatic carbocycles. The number of benzene rings is 2. The molecule has 0 fully saturated rings. The number of hydrogen-bond acceptors (Lipinski definition) is 6. The molecule has 1 N–H and O–H groups in total. The number of hydrogen-bond donors (Lipinski definition) is 1. The zero-order chi connectivity index (χ0) is 32.0. The largest absolute Gasteiger partial charge is 0.490 e. The summed E-state index contributed by atoms with van der Waals surface area (Å²) >= 11 is 10.1. The smallest absolute Gasteiger partial charge is 0.305 e. The maximum atomic E-state index is 14.1. The van der Waals surface area contributed by atoms with Crippen LogP contribution in [0.15, 0.2) is 63.4 Å². The average Bonchev–Trinajstić information content (AvgIpc) is 2.90. The van der Waals surface area contributed by atoms with Gasteiger partial charge in [-0.3, -0.25) is 14.4 Å². The Labute approximate surface area is 272 Å². The molecule has 3 aliphatic rings. The Bertz CT molecular complexity index is 1540. The zero-order valence-corrected chi connectivity index (χ0v) is 28.2. The van der Waals surface area contributed by atoms with Gasteiger partial charge in [0.1, 0.15) is 6.61 Å². The molecule has 234 valence electrons. The fraction of sp³-hybridized carbons (Fsp3) is 0.457. The lowest BCUT2D eigenvalue weighted by molar-refractivity contribution is -0.137. The summed E-state index contributed by atoms with van der Waals surface area (Å²) in [6.45, 7) is 11.0. The van der Waals surface area contributed by atoms with Gasteiger partial charge in [0.15, 0.2) is 23.1 Å². The number of rotatable bonds is 9. The number of carboxylic acid groups (broad SMARTS) is 1. The lowest BCUT2D eigenvalue weighted by atomic mass is 9.63. The highest BCUT2D eigenvalue weighted by Gasteiger charge is 2.49. The maximum Gasteiger partial charge on any atom is 0.305 e. The number of allylic oxidation sites excluding steroid dienone is 4. The van der Waals surface area contributed by atoms with Crippen molar-refractivity contribution in [1.29, 1.82) is 0 Å². The lowest BCUT2D eigenvalue weighted by Crippen LogP contribution is -2.45. The molecule has 2 aromatic rings. The van der Waals surface area contributed by atoms with Crippen molar-refractivity contribution < 1.29 is 29.0 Å². The number of carboxylic acids is 1. The van der Waals surface area contributed by atoms with Crippen molar-refractivity contribution in [3.05, 3.63) is 79.6 Å². The predicted molar refractivity (Wildman–Crippen MR) is 173 cm³/mol. The Balaban J connectivity index is 1.68. The molecular weight excluding hydrogens is 646 g/mol. The van der Waals surface area contributed by atoms with Gasteiger partial charge in [-0.2, -0.15) is 0 Å². The van der Waals surface area contributed by atoms with Crippen LogP contribution in [0.4, 0.5) is 0 Å². The molecule has 0 saturated carbocycles. The quantitative estimate of drug-likeness (QED) is 0.284. The van der Waals surface area contributed by atoms with Gasteiger partial charge in [-0.25, -0.2) is 0 Å². The molecule has 0 atom stereocenters. The Kier molecular flexibility index (Phi) is 9.07. The van der Waals surface area contributed by atoms with Crippen LogP contribution in [-0.2, 0) is 21.0 Å². The third-order valence-corrected chi connectivity index (χ3v) is 9.52. The molecule has 2 aliphatic carbocycles. The average molecular weight is 685 g/mol. The minimum absolute atomic E-state index is 0.0149. The highest BCUT2D eigenvalue weighted by Crippen LogP contribution is 2.55. The monoisotopic (exact) mass is 683 g/mol. The first-order chi connectivity index (χ1) is 20.7. The third-order valence-electron chi connectivity index (χ3n) is 8.57. The fourth-order valence-corrected chi connectivity index (χ4v) is 7.55. The van der Waals surface area contributed by atoms with Gasteiger partial charge in [-0.15, -0.1) is 0 Å². The summed E-state index contributed by atoms with van der Waals surface area (Å²) in [7, 11) is 0. The van der Waals surface area contributed by atoms with Crippen LogP contribution in [0.2, 0.25) is 5.02 Å². The van der Waals surface area contributed by atoms with Gasteiger partial charge in [0.05, 0.1) is 17.5 Å². The molecular formula is C35H39BrClNO6.